The van der Waals surface area contributed by atoms with Gasteiger partial charge in [0.15, 0.2) is 0 Å². The minimum atomic E-state index is -0.428. The molecule has 2 heterocycles. The third kappa shape index (κ3) is 5.52. The molecule has 0 saturated heterocycles. The van der Waals surface area contributed by atoms with Crippen LogP contribution < -0.4 is 15.4 Å². The molecule has 5 nitrogen and oxygen atoms in total. The molecule has 2 aromatic carbocycles. The fraction of sp³-hybridized carbons (Fsp3) is 0.259. The van der Waals surface area contributed by atoms with Crippen LogP contribution in [0, 0.1) is 13.8 Å². The SMILES string of the molecule is Cc1cccc(C(=O)N/C(=C\c2cccs2)C(=O)N[C@H]2CC(C)(C)Oc3ccc(C)cc32)c1. The molecule has 6 heteroatoms. The van der Waals surface area contributed by atoms with E-state index in [9.17, 15) is 9.59 Å². The highest BCUT2D eigenvalue weighted by Gasteiger charge is 2.35. The molecular formula is C27H28N2O3S. The van der Waals surface area contributed by atoms with E-state index in [1.165, 1.54) is 11.3 Å². The molecule has 33 heavy (non-hydrogen) atoms. The second-order valence-electron chi connectivity index (χ2n) is 9.03. The summed E-state index contributed by atoms with van der Waals surface area (Å²) < 4.78 is 6.13. The molecule has 0 unspecified atom stereocenters. The Balaban J connectivity index is 1.62. The molecule has 0 radical (unpaired) electrons. The van der Waals surface area contributed by atoms with E-state index in [2.05, 4.69) is 10.6 Å². The quantitative estimate of drug-likeness (QED) is 0.490. The Hall–Kier alpha value is -3.38. The number of fused-ring (bicyclic) bond motifs is 1. The lowest BCUT2D eigenvalue weighted by Gasteiger charge is -2.38. The van der Waals surface area contributed by atoms with E-state index < -0.39 is 5.60 Å². The summed E-state index contributed by atoms with van der Waals surface area (Å²) in [5.74, 6) is 0.120. The highest BCUT2D eigenvalue weighted by atomic mass is 32.1. The molecule has 1 aliphatic rings. The minimum Gasteiger partial charge on any atom is -0.487 e. The first-order chi connectivity index (χ1) is 15.7. The molecule has 2 N–H and O–H groups in total. The molecule has 0 saturated carbocycles. The standard InChI is InChI=1S/C27H28N2O3S/c1-17-7-5-8-19(13-17)25(30)28-22(15-20-9-6-12-33-20)26(31)29-23-16-27(3,4)32-24-11-10-18(2)14-21(23)24/h5-15,23H,16H2,1-4H3,(H,28,30)(H,29,31)/b22-15-/t23-/m0/s1. The zero-order valence-corrected chi connectivity index (χ0v) is 20.1. The van der Waals surface area contributed by atoms with Crippen molar-refractivity contribution in [3.63, 3.8) is 0 Å². The van der Waals surface area contributed by atoms with Crippen LogP contribution in [0.25, 0.3) is 6.08 Å². The van der Waals surface area contributed by atoms with Crippen LogP contribution in [0.4, 0.5) is 0 Å². The van der Waals surface area contributed by atoms with E-state index in [4.69, 9.17) is 4.74 Å². The number of hydrogen-bond acceptors (Lipinski definition) is 4. The summed E-state index contributed by atoms with van der Waals surface area (Å²) >= 11 is 1.50. The third-order valence-corrected chi connectivity index (χ3v) is 6.35. The Morgan fingerprint density at radius 3 is 2.58 bits per heavy atom. The maximum atomic E-state index is 13.4. The predicted molar refractivity (Wildman–Crippen MR) is 132 cm³/mol. The van der Waals surface area contributed by atoms with Gasteiger partial charge >= 0.3 is 0 Å². The van der Waals surface area contributed by atoms with Crippen LogP contribution in [0.1, 0.15) is 58.2 Å². The summed E-state index contributed by atoms with van der Waals surface area (Å²) in [6.45, 7) is 7.97. The van der Waals surface area contributed by atoms with Crippen molar-refractivity contribution in [2.75, 3.05) is 0 Å². The van der Waals surface area contributed by atoms with Crippen molar-refractivity contribution >= 4 is 29.2 Å². The van der Waals surface area contributed by atoms with Gasteiger partial charge in [0, 0.05) is 22.4 Å². The summed E-state index contributed by atoms with van der Waals surface area (Å²) in [6.07, 6.45) is 2.34. The Kier molecular flexibility index (Phi) is 6.38. The van der Waals surface area contributed by atoms with Crippen LogP contribution in [0.2, 0.25) is 0 Å². The molecule has 1 aliphatic heterocycles. The van der Waals surface area contributed by atoms with Gasteiger partial charge in [0.1, 0.15) is 17.0 Å². The molecule has 1 atom stereocenters. The molecule has 1 aromatic heterocycles. The number of thiophene rings is 1. The van der Waals surface area contributed by atoms with E-state index in [1.807, 2.05) is 75.5 Å². The zero-order valence-electron chi connectivity index (χ0n) is 19.3. The van der Waals surface area contributed by atoms with Crippen molar-refractivity contribution in [2.45, 2.75) is 45.8 Å². The van der Waals surface area contributed by atoms with Gasteiger partial charge in [0.25, 0.3) is 11.8 Å². The van der Waals surface area contributed by atoms with Crippen molar-refractivity contribution in [3.8, 4) is 5.75 Å². The second-order valence-corrected chi connectivity index (χ2v) is 10.0. The molecule has 3 aromatic rings. The van der Waals surface area contributed by atoms with Crippen LogP contribution >= 0.6 is 11.3 Å². The van der Waals surface area contributed by atoms with Gasteiger partial charge in [0.05, 0.1) is 6.04 Å². The van der Waals surface area contributed by atoms with Crippen LogP contribution in [-0.2, 0) is 4.79 Å². The summed E-state index contributed by atoms with van der Waals surface area (Å²) in [7, 11) is 0. The summed E-state index contributed by atoms with van der Waals surface area (Å²) in [4.78, 5) is 27.3. The maximum Gasteiger partial charge on any atom is 0.268 e. The average Bonchev–Trinajstić information content (AvgIpc) is 3.26. The largest absolute Gasteiger partial charge is 0.487 e. The molecule has 4 rings (SSSR count). The highest BCUT2D eigenvalue weighted by molar-refractivity contribution is 7.10. The topological polar surface area (TPSA) is 67.4 Å². The minimum absolute atomic E-state index is 0.211. The lowest BCUT2D eigenvalue weighted by Crippen LogP contribution is -2.43. The molecule has 0 aliphatic carbocycles. The lowest BCUT2D eigenvalue weighted by atomic mass is 9.89. The van der Waals surface area contributed by atoms with Gasteiger partial charge in [-0.1, -0.05) is 41.5 Å². The monoisotopic (exact) mass is 460 g/mol. The molecule has 170 valence electrons. The van der Waals surface area contributed by atoms with E-state index in [-0.39, 0.29) is 23.6 Å². The van der Waals surface area contributed by atoms with Gasteiger partial charge < -0.3 is 15.4 Å². The number of aryl methyl sites for hydroxylation is 2. The smallest absolute Gasteiger partial charge is 0.268 e. The van der Waals surface area contributed by atoms with Gasteiger partial charge in [0.2, 0.25) is 0 Å². The second kappa shape index (κ2) is 9.24. The number of benzene rings is 2. The number of hydrogen-bond donors (Lipinski definition) is 2. The van der Waals surface area contributed by atoms with Crippen molar-refractivity contribution < 1.29 is 14.3 Å². The van der Waals surface area contributed by atoms with Crippen LogP contribution in [0.3, 0.4) is 0 Å². The van der Waals surface area contributed by atoms with Crippen LogP contribution in [-0.4, -0.2) is 17.4 Å². The van der Waals surface area contributed by atoms with Gasteiger partial charge in [-0.3, -0.25) is 9.59 Å². The van der Waals surface area contributed by atoms with Crippen molar-refractivity contribution in [1.29, 1.82) is 0 Å². The van der Waals surface area contributed by atoms with Gasteiger partial charge in [-0.05, 0) is 63.4 Å². The fourth-order valence-corrected chi connectivity index (χ4v) is 4.65. The number of carbonyl (C=O) groups excluding carboxylic acids is 2. The van der Waals surface area contributed by atoms with Crippen LogP contribution in [0.15, 0.2) is 65.7 Å². The van der Waals surface area contributed by atoms with Crippen LogP contribution in [0.5, 0.6) is 5.75 Å². The first-order valence-corrected chi connectivity index (χ1v) is 11.8. The summed E-state index contributed by atoms with van der Waals surface area (Å²) in [5, 5.41) is 7.91. The Morgan fingerprint density at radius 2 is 1.85 bits per heavy atom. The third-order valence-electron chi connectivity index (χ3n) is 5.53. The summed E-state index contributed by atoms with van der Waals surface area (Å²) in [6, 6.07) is 16.9. The van der Waals surface area contributed by atoms with Gasteiger partial charge in [-0.25, -0.2) is 0 Å². The van der Waals surface area contributed by atoms with Crippen molar-refractivity contribution in [1.82, 2.24) is 10.6 Å². The molecule has 0 fully saturated rings. The first kappa shape index (κ1) is 22.8. The van der Waals surface area contributed by atoms with E-state index in [0.717, 1.165) is 27.3 Å². The number of ether oxygens (including phenoxy) is 1. The Morgan fingerprint density at radius 1 is 1.06 bits per heavy atom. The molecule has 0 spiro atoms. The van der Waals surface area contributed by atoms with Gasteiger partial charge in [-0.2, -0.15) is 0 Å². The molecule has 0 bridgehead atoms. The maximum absolute atomic E-state index is 13.4. The fourth-order valence-electron chi connectivity index (χ4n) is 3.99. The highest BCUT2D eigenvalue weighted by Crippen LogP contribution is 2.40. The number of nitrogens with one attached hydrogen (secondary N) is 2. The Labute approximate surface area is 198 Å². The average molecular weight is 461 g/mol. The molecule has 2 amide bonds. The number of carbonyl (C=O) groups is 2. The van der Waals surface area contributed by atoms with E-state index in [0.29, 0.717) is 12.0 Å². The molecular weight excluding hydrogens is 432 g/mol. The normalized spacial score (nSPS) is 17.0. The summed E-state index contributed by atoms with van der Waals surface area (Å²) in [5.41, 5.74) is 3.31. The van der Waals surface area contributed by atoms with Crippen molar-refractivity contribution in [2.24, 2.45) is 0 Å². The Bertz CT molecular complexity index is 1210. The number of rotatable bonds is 5. The first-order valence-electron chi connectivity index (χ1n) is 10.9. The number of amides is 2. The van der Waals surface area contributed by atoms with E-state index in [1.54, 1.807) is 18.2 Å². The van der Waals surface area contributed by atoms with E-state index >= 15 is 0 Å². The van der Waals surface area contributed by atoms with Crippen molar-refractivity contribution in [3.05, 3.63) is 92.8 Å². The lowest BCUT2D eigenvalue weighted by molar-refractivity contribution is -0.119. The zero-order chi connectivity index (χ0) is 23.6. The predicted octanol–water partition coefficient (Wildman–Crippen LogP) is 5.55. The van der Waals surface area contributed by atoms with Gasteiger partial charge in [-0.15, -0.1) is 11.3 Å².